The van der Waals surface area contributed by atoms with Gasteiger partial charge in [-0.25, -0.2) is 0 Å². The molecule has 24 heavy (non-hydrogen) atoms. The minimum absolute atomic E-state index is 0.202. The van der Waals surface area contributed by atoms with Crippen LogP contribution in [0, 0.1) is 0 Å². The molecule has 0 rings (SSSR count). The highest BCUT2D eigenvalue weighted by Gasteiger charge is 1.97. The maximum Gasteiger partial charge on any atom is 0.303 e. The second-order valence-corrected chi connectivity index (χ2v) is 6.75. The lowest BCUT2D eigenvalue weighted by Crippen LogP contribution is -2.22. The lowest BCUT2D eigenvalue weighted by molar-refractivity contribution is -0.137. The number of nitrogens with zero attached hydrogens (tertiary/aromatic N) is 1. The van der Waals surface area contributed by atoms with Crippen molar-refractivity contribution in [2.45, 2.75) is 103 Å². The van der Waals surface area contributed by atoms with Crippen LogP contribution in [0.4, 0.5) is 0 Å². The predicted octanol–water partition coefficient (Wildman–Crippen LogP) is 4.59. The summed E-state index contributed by atoms with van der Waals surface area (Å²) in [7, 11) is 0. The van der Waals surface area contributed by atoms with Gasteiger partial charge in [-0.05, 0) is 12.8 Å². The summed E-state index contributed by atoms with van der Waals surface area (Å²) >= 11 is 0. The van der Waals surface area contributed by atoms with Crippen molar-refractivity contribution in [3.05, 3.63) is 0 Å². The van der Waals surface area contributed by atoms with Crippen molar-refractivity contribution in [3.63, 3.8) is 0 Å². The number of carbonyl (C=O) groups is 1. The number of nitrogens with two attached hydrogens (primary N) is 2. The zero-order valence-electron chi connectivity index (χ0n) is 15.5. The van der Waals surface area contributed by atoms with E-state index in [1.165, 1.54) is 77.0 Å². The minimum atomic E-state index is -0.666. The third-order valence-electron chi connectivity index (χ3n) is 4.34. The third-order valence-corrected chi connectivity index (χ3v) is 4.34. The molecule has 0 saturated heterocycles. The molecule has 0 bridgehead atoms. The third kappa shape index (κ3) is 20.7. The number of hydrogen-bond donors (Lipinski definition) is 3. The molecule has 0 radical (unpaired) electrons. The van der Waals surface area contributed by atoms with E-state index in [9.17, 15) is 4.79 Å². The lowest BCUT2D eigenvalue weighted by Gasteiger charge is -2.03. The Bertz CT molecular complexity index is 316. The van der Waals surface area contributed by atoms with Crippen molar-refractivity contribution in [1.82, 2.24) is 0 Å². The number of carboxylic acid groups (broad SMARTS) is 1. The number of unbranched alkanes of at least 4 members (excludes halogenated alkanes) is 14. The van der Waals surface area contributed by atoms with Crippen LogP contribution in [0.15, 0.2) is 4.99 Å². The quantitative estimate of drug-likeness (QED) is 0.193. The molecule has 0 aliphatic carbocycles. The standard InChI is InChI=1S/C19H39N3O2/c20-19(21)22-17-15-13-11-9-7-5-3-1-2-4-6-8-10-12-14-16-18(23)24/h1-17H2,(H,23,24)(H4,20,21,22). The first-order chi connectivity index (χ1) is 11.6. The van der Waals surface area contributed by atoms with Gasteiger partial charge in [0, 0.05) is 13.0 Å². The maximum atomic E-state index is 10.4. The Labute approximate surface area is 148 Å². The number of hydrogen-bond acceptors (Lipinski definition) is 2. The van der Waals surface area contributed by atoms with E-state index in [1.54, 1.807) is 0 Å². The summed E-state index contributed by atoms with van der Waals surface area (Å²) in [6.45, 7) is 0.766. The van der Waals surface area contributed by atoms with E-state index in [0.29, 0.717) is 6.42 Å². The molecule has 0 unspecified atom stereocenters. The van der Waals surface area contributed by atoms with Crippen molar-refractivity contribution >= 4 is 11.9 Å². The Balaban J connectivity index is 3.03. The fourth-order valence-electron chi connectivity index (χ4n) is 2.89. The first-order valence-corrected chi connectivity index (χ1v) is 9.90. The van der Waals surface area contributed by atoms with Gasteiger partial charge in [-0.3, -0.25) is 9.79 Å². The normalized spacial score (nSPS) is 10.7. The number of guanidine groups is 1. The van der Waals surface area contributed by atoms with Crippen LogP contribution in [0.3, 0.4) is 0 Å². The summed E-state index contributed by atoms with van der Waals surface area (Å²) < 4.78 is 0. The monoisotopic (exact) mass is 341 g/mol. The van der Waals surface area contributed by atoms with Crippen LogP contribution in [0.5, 0.6) is 0 Å². The fraction of sp³-hybridized carbons (Fsp3) is 0.895. The highest BCUT2D eigenvalue weighted by molar-refractivity contribution is 5.75. The molecule has 0 aromatic rings. The molecule has 142 valence electrons. The number of aliphatic imine (C=N–C) groups is 1. The average molecular weight is 342 g/mol. The molecule has 0 aliphatic heterocycles. The minimum Gasteiger partial charge on any atom is -0.481 e. The van der Waals surface area contributed by atoms with Crippen LogP contribution in [0.25, 0.3) is 0 Å². The molecule has 5 nitrogen and oxygen atoms in total. The van der Waals surface area contributed by atoms with Crippen molar-refractivity contribution in [3.8, 4) is 0 Å². The Hall–Kier alpha value is -1.26. The van der Waals surface area contributed by atoms with Crippen LogP contribution in [-0.2, 0) is 4.79 Å². The van der Waals surface area contributed by atoms with Gasteiger partial charge in [0.05, 0.1) is 0 Å². The molecule has 0 saturated carbocycles. The maximum absolute atomic E-state index is 10.4. The molecular formula is C19H39N3O2. The first kappa shape index (κ1) is 22.7. The van der Waals surface area contributed by atoms with E-state index in [-0.39, 0.29) is 5.96 Å². The number of aliphatic carboxylic acids is 1. The van der Waals surface area contributed by atoms with E-state index < -0.39 is 5.97 Å². The Morgan fingerprint density at radius 2 is 0.958 bits per heavy atom. The van der Waals surface area contributed by atoms with E-state index in [1.807, 2.05) is 0 Å². The highest BCUT2D eigenvalue weighted by atomic mass is 16.4. The van der Waals surface area contributed by atoms with Crippen LogP contribution >= 0.6 is 0 Å². The molecule has 0 aliphatic rings. The zero-order chi connectivity index (χ0) is 17.9. The van der Waals surface area contributed by atoms with Gasteiger partial charge in [0.1, 0.15) is 0 Å². The van der Waals surface area contributed by atoms with Crippen LogP contribution in [0.1, 0.15) is 103 Å². The van der Waals surface area contributed by atoms with Gasteiger partial charge < -0.3 is 16.6 Å². The van der Waals surface area contributed by atoms with Crippen LogP contribution in [-0.4, -0.2) is 23.6 Å². The van der Waals surface area contributed by atoms with E-state index in [0.717, 1.165) is 25.8 Å². The molecule has 0 spiro atoms. The summed E-state index contributed by atoms with van der Waals surface area (Å²) in [4.78, 5) is 14.4. The summed E-state index contributed by atoms with van der Waals surface area (Å²) in [6.07, 6.45) is 19.1. The first-order valence-electron chi connectivity index (χ1n) is 9.90. The second-order valence-electron chi connectivity index (χ2n) is 6.75. The van der Waals surface area contributed by atoms with E-state index in [2.05, 4.69) is 4.99 Å². The molecule has 0 fully saturated rings. The molecule has 0 atom stereocenters. The number of carboxylic acids is 1. The van der Waals surface area contributed by atoms with Gasteiger partial charge in [-0.15, -0.1) is 0 Å². The van der Waals surface area contributed by atoms with E-state index in [4.69, 9.17) is 16.6 Å². The topological polar surface area (TPSA) is 102 Å². The van der Waals surface area contributed by atoms with E-state index >= 15 is 0 Å². The molecule has 0 aromatic heterocycles. The molecule has 0 heterocycles. The van der Waals surface area contributed by atoms with Gasteiger partial charge in [0.2, 0.25) is 0 Å². The van der Waals surface area contributed by atoms with Gasteiger partial charge in [0.25, 0.3) is 0 Å². The Kier molecular flexibility index (Phi) is 17.1. The molecular weight excluding hydrogens is 302 g/mol. The van der Waals surface area contributed by atoms with Crippen LogP contribution < -0.4 is 11.5 Å². The zero-order valence-corrected chi connectivity index (χ0v) is 15.5. The largest absolute Gasteiger partial charge is 0.481 e. The predicted molar refractivity (Wildman–Crippen MR) is 102 cm³/mol. The molecule has 5 heteroatoms. The molecule has 5 N–H and O–H groups in total. The van der Waals surface area contributed by atoms with Gasteiger partial charge in [-0.1, -0.05) is 83.5 Å². The summed E-state index contributed by atoms with van der Waals surface area (Å²) in [5.74, 6) is -0.464. The molecule has 0 aromatic carbocycles. The van der Waals surface area contributed by atoms with Gasteiger partial charge in [-0.2, -0.15) is 0 Å². The SMILES string of the molecule is NC(N)=NCCCCCCCCCCCCCCCCCC(=O)O. The second kappa shape index (κ2) is 18.1. The molecule has 0 amide bonds. The number of rotatable bonds is 18. The van der Waals surface area contributed by atoms with Gasteiger partial charge >= 0.3 is 5.97 Å². The van der Waals surface area contributed by atoms with Crippen molar-refractivity contribution in [2.24, 2.45) is 16.5 Å². The lowest BCUT2D eigenvalue weighted by atomic mass is 10.0. The highest BCUT2D eigenvalue weighted by Crippen LogP contribution is 2.13. The summed E-state index contributed by atoms with van der Waals surface area (Å²) in [6, 6.07) is 0. The van der Waals surface area contributed by atoms with Crippen molar-refractivity contribution < 1.29 is 9.90 Å². The van der Waals surface area contributed by atoms with Crippen LogP contribution in [0.2, 0.25) is 0 Å². The Morgan fingerprint density at radius 1 is 0.625 bits per heavy atom. The van der Waals surface area contributed by atoms with Crippen molar-refractivity contribution in [1.29, 1.82) is 0 Å². The summed E-state index contributed by atoms with van der Waals surface area (Å²) in [5.41, 5.74) is 10.6. The summed E-state index contributed by atoms with van der Waals surface area (Å²) in [5, 5.41) is 8.54. The average Bonchev–Trinajstić information content (AvgIpc) is 2.53. The van der Waals surface area contributed by atoms with Crippen molar-refractivity contribution in [2.75, 3.05) is 6.54 Å². The smallest absolute Gasteiger partial charge is 0.303 e. The Morgan fingerprint density at radius 3 is 1.29 bits per heavy atom. The van der Waals surface area contributed by atoms with Gasteiger partial charge in [0.15, 0.2) is 5.96 Å². The fourth-order valence-corrected chi connectivity index (χ4v) is 2.89.